The Morgan fingerprint density at radius 2 is 1.50 bits per heavy atom. The third-order valence-corrected chi connectivity index (χ3v) is 2.42. The van der Waals surface area contributed by atoms with Gasteiger partial charge in [-0.2, -0.15) is 14.7 Å². The van der Waals surface area contributed by atoms with Gasteiger partial charge < -0.3 is 20.4 Å². The van der Waals surface area contributed by atoms with Crippen LogP contribution < -0.4 is 0 Å². The molecule has 0 aromatic heterocycles. The topological polar surface area (TPSA) is 176 Å². The first-order valence-electron chi connectivity index (χ1n) is 3.94. The van der Waals surface area contributed by atoms with Crippen LogP contribution in [0.2, 0.25) is 0 Å². The molecule has 0 bridgehead atoms. The maximum absolute atomic E-state index is 10.9. The zero-order chi connectivity index (χ0) is 13.1. The van der Waals surface area contributed by atoms with Crippen molar-refractivity contribution in [2.24, 2.45) is 0 Å². The Morgan fingerprint density at radius 1 is 1.06 bits per heavy atom. The molecule has 0 amide bonds. The summed E-state index contributed by atoms with van der Waals surface area (Å²) in [4.78, 5) is 47.0. The summed E-state index contributed by atoms with van der Waals surface area (Å²) in [6, 6.07) is 0. The average molecular weight is 259 g/mol. The van der Waals surface area contributed by atoms with E-state index in [1.165, 1.54) is 0 Å². The van der Waals surface area contributed by atoms with Crippen LogP contribution in [0, 0.1) is 0 Å². The van der Waals surface area contributed by atoms with Crippen LogP contribution in [-0.4, -0.2) is 71.3 Å². The molecule has 0 rings (SSSR count). The number of aliphatic hydroxyl groups is 4. The number of aliphatic hydroxyl groups excluding tert-OH is 4. The number of hydrogen-bond acceptors (Lipinski definition) is 9. The predicted molar refractivity (Wildman–Crippen MR) is 48.7 cm³/mol. The lowest BCUT2D eigenvalue weighted by Crippen LogP contribution is -2.46. The van der Waals surface area contributed by atoms with E-state index in [0.29, 0.717) is 0 Å². The standard InChI is InChI=1S/C6H12O9P/c7-1-2(8)3(9)4(10)5(11)6(12)16(13,14)15/h2-4,7-10,13-15H,1H2/q+1/t2-,3-,4+/m1/s1. The van der Waals surface area contributed by atoms with Crippen LogP contribution in [0.3, 0.4) is 0 Å². The van der Waals surface area contributed by atoms with Crippen molar-refractivity contribution in [3.63, 3.8) is 0 Å². The van der Waals surface area contributed by atoms with E-state index in [-0.39, 0.29) is 0 Å². The van der Waals surface area contributed by atoms with E-state index in [1.807, 2.05) is 0 Å². The van der Waals surface area contributed by atoms with Gasteiger partial charge in [0.1, 0.15) is 12.2 Å². The van der Waals surface area contributed by atoms with Gasteiger partial charge in [0.05, 0.1) is 6.61 Å². The van der Waals surface area contributed by atoms with Crippen molar-refractivity contribution >= 4 is 19.3 Å². The van der Waals surface area contributed by atoms with E-state index < -0.39 is 44.2 Å². The molecule has 0 aromatic rings. The molecule has 0 aliphatic carbocycles. The second kappa shape index (κ2) is 5.71. The summed E-state index contributed by atoms with van der Waals surface area (Å²) in [7, 11) is -5.10. The minimum absolute atomic E-state index is 0.989. The third kappa shape index (κ3) is 3.81. The van der Waals surface area contributed by atoms with Crippen molar-refractivity contribution in [3.05, 3.63) is 0 Å². The van der Waals surface area contributed by atoms with Gasteiger partial charge >= 0.3 is 13.5 Å². The lowest BCUT2D eigenvalue weighted by Gasteiger charge is -2.19. The number of ketones is 1. The summed E-state index contributed by atoms with van der Waals surface area (Å²) in [6.07, 6.45) is -6.55. The predicted octanol–water partition coefficient (Wildman–Crippen LogP) is -4.10. The van der Waals surface area contributed by atoms with Crippen molar-refractivity contribution < 1.29 is 44.7 Å². The lowest BCUT2D eigenvalue weighted by atomic mass is 10.1. The largest absolute Gasteiger partial charge is 0.487 e. The maximum Gasteiger partial charge on any atom is 0.487 e. The van der Waals surface area contributed by atoms with Crippen LogP contribution in [0.15, 0.2) is 0 Å². The molecule has 0 aliphatic rings. The van der Waals surface area contributed by atoms with E-state index >= 15 is 0 Å². The first-order chi connectivity index (χ1) is 7.12. The molecule has 0 saturated carbocycles. The maximum atomic E-state index is 10.9. The first-order valence-corrected chi connectivity index (χ1v) is 5.58. The molecular formula is C6H12O9P+. The summed E-state index contributed by atoms with van der Waals surface area (Å²) >= 11 is 0. The summed E-state index contributed by atoms with van der Waals surface area (Å²) in [5, 5.41) is 35.2. The molecule has 16 heavy (non-hydrogen) atoms. The van der Waals surface area contributed by atoms with Crippen molar-refractivity contribution in [1.82, 2.24) is 0 Å². The molecule has 0 saturated heterocycles. The molecule has 0 spiro atoms. The van der Waals surface area contributed by atoms with E-state index in [9.17, 15) is 9.59 Å². The first kappa shape index (κ1) is 15.5. The van der Waals surface area contributed by atoms with E-state index in [1.54, 1.807) is 0 Å². The normalized spacial score (nSPS) is 17.7. The van der Waals surface area contributed by atoms with Gasteiger partial charge in [0.15, 0.2) is 6.10 Å². The SMILES string of the molecule is O=C(C(=O)[P+](O)(O)O)[C@@H](O)[C@H](O)[C@H](O)CO. The Bertz CT molecular complexity index is 272. The Kier molecular flexibility index (Phi) is 5.53. The Balaban J connectivity index is 4.69. The molecule has 7 N–H and O–H groups in total. The minimum Gasteiger partial charge on any atom is -0.394 e. The van der Waals surface area contributed by atoms with Crippen molar-refractivity contribution in [1.29, 1.82) is 0 Å². The van der Waals surface area contributed by atoms with Gasteiger partial charge in [-0.1, -0.05) is 0 Å². The highest BCUT2D eigenvalue weighted by Gasteiger charge is 2.51. The van der Waals surface area contributed by atoms with E-state index in [0.717, 1.165) is 0 Å². The monoisotopic (exact) mass is 259 g/mol. The van der Waals surface area contributed by atoms with Gasteiger partial charge in [-0.25, -0.2) is 4.79 Å². The molecule has 94 valence electrons. The number of Topliss-reactive ketones (excluding diaryl/α,β-unsaturated/α-hetero) is 1. The molecule has 0 aromatic carbocycles. The second-order valence-corrected chi connectivity index (χ2v) is 4.47. The van der Waals surface area contributed by atoms with Crippen LogP contribution in [0.5, 0.6) is 0 Å². The molecule has 9 nitrogen and oxygen atoms in total. The Hall–Kier alpha value is -0.510. The molecule has 0 radical (unpaired) electrons. The molecule has 10 heteroatoms. The lowest BCUT2D eigenvalue weighted by molar-refractivity contribution is -0.147. The smallest absolute Gasteiger partial charge is 0.394 e. The Morgan fingerprint density at radius 3 is 1.81 bits per heavy atom. The van der Waals surface area contributed by atoms with E-state index in [2.05, 4.69) is 0 Å². The number of rotatable bonds is 6. The molecular weight excluding hydrogens is 247 g/mol. The molecule has 0 fully saturated rings. The summed E-state index contributed by atoms with van der Waals surface area (Å²) in [5.74, 6) is -1.87. The van der Waals surface area contributed by atoms with Crippen molar-refractivity contribution in [2.45, 2.75) is 18.3 Å². The number of hydrogen-bond donors (Lipinski definition) is 7. The zero-order valence-corrected chi connectivity index (χ0v) is 8.73. The van der Waals surface area contributed by atoms with Crippen LogP contribution in [-0.2, 0) is 9.59 Å². The minimum atomic E-state index is -5.10. The van der Waals surface area contributed by atoms with Crippen molar-refractivity contribution in [3.8, 4) is 0 Å². The van der Waals surface area contributed by atoms with Gasteiger partial charge in [0.25, 0.3) is 5.78 Å². The molecule has 0 unspecified atom stereocenters. The number of carbonyl (C=O) groups excluding carboxylic acids is 2. The van der Waals surface area contributed by atoms with Gasteiger partial charge in [-0.05, 0) is 0 Å². The highest BCUT2D eigenvalue weighted by molar-refractivity contribution is 7.78. The third-order valence-electron chi connectivity index (χ3n) is 1.66. The van der Waals surface area contributed by atoms with Gasteiger partial charge in [0, 0.05) is 0 Å². The van der Waals surface area contributed by atoms with Crippen LogP contribution >= 0.6 is 7.94 Å². The van der Waals surface area contributed by atoms with Gasteiger partial charge in [-0.3, -0.25) is 4.79 Å². The second-order valence-electron chi connectivity index (χ2n) is 2.92. The average Bonchev–Trinajstić information content (AvgIpc) is 2.22. The molecule has 0 aliphatic heterocycles. The number of carbonyl (C=O) groups is 2. The quantitative estimate of drug-likeness (QED) is 0.184. The van der Waals surface area contributed by atoms with Gasteiger partial charge in [0.2, 0.25) is 0 Å². The zero-order valence-electron chi connectivity index (χ0n) is 7.83. The van der Waals surface area contributed by atoms with Crippen molar-refractivity contribution in [2.75, 3.05) is 6.61 Å². The highest BCUT2D eigenvalue weighted by atomic mass is 31.2. The van der Waals surface area contributed by atoms with Crippen LogP contribution in [0.25, 0.3) is 0 Å². The summed E-state index contributed by atoms with van der Waals surface area (Å²) < 4.78 is 0. The molecule has 3 atom stereocenters. The van der Waals surface area contributed by atoms with E-state index in [4.69, 9.17) is 35.1 Å². The Labute approximate surface area is 89.8 Å². The summed E-state index contributed by atoms with van der Waals surface area (Å²) in [5.41, 5.74) is -2.07. The fourth-order valence-corrected chi connectivity index (χ4v) is 1.18. The summed E-state index contributed by atoms with van der Waals surface area (Å²) in [6.45, 7) is -0.989. The fourth-order valence-electron chi connectivity index (χ4n) is 0.748. The highest BCUT2D eigenvalue weighted by Crippen LogP contribution is 2.45. The van der Waals surface area contributed by atoms with Crippen LogP contribution in [0.1, 0.15) is 0 Å². The van der Waals surface area contributed by atoms with Crippen LogP contribution in [0.4, 0.5) is 0 Å². The molecule has 0 heterocycles. The van der Waals surface area contributed by atoms with Gasteiger partial charge in [-0.15, -0.1) is 0 Å². The fraction of sp³-hybridized carbons (Fsp3) is 0.667.